The standard InChI is InChI=1S/C15H19N3O6/c1-5-14(20)17(10(3)19)11-6-7-12(13(8-11)18(22)23)16-9(2)15(21)24-4/h6-9,16H,5H2,1-4H3/t9-/m0/s1. The number of carbonyl (C=O) groups excluding carboxylic acids is 3. The zero-order chi connectivity index (χ0) is 18.4. The van der Waals surface area contributed by atoms with Crippen LogP contribution >= 0.6 is 0 Å². The van der Waals surface area contributed by atoms with Crippen LogP contribution in [0.25, 0.3) is 0 Å². The number of nitrogens with zero attached hydrogens (tertiary/aromatic N) is 2. The number of hydrogen-bond acceptors (Lipinski definition) is 7. The van der Waals surface area contributed by atoms with Gasteiger partial charge >= 0.3 is 5.97 Å². The Kier molecular flexibility index (Phi) is 6.39. The highest BCUT2D eigenvalue weighted by Crippen LogP contribution is 2.30. The Morgan fingerprint density at radius 3 is 2.46 bits per heavy atom. The lowest BCUT2D eigenvalue weighted by Crippen LogP contribution is -2.34. The van der Waals surface area contributed by atoms with Crippen LogP contribution in [0.2, 0.25) is 0 Å². The topological polar surface area (TPSA) is 119 Å². The van der Waals surface area contributed by atoms with Crippen molar-refractivity contribution in [3.8, 4) is 0 Å². The molecule has 1 N–H and O–H groups in total. The molecule has 2 amide bonds. The van der Waals surface area contributed by atoms with Gasteiger partial charge in [-0.25, -0.2) is 4.79 Å². The first kappa shape index (κ1) is 19.1. The third kappa shape index (κ3) is 4.28. The van der Waals surface area contributed by atoms with Gasteiger partial charge in [0, 0.05) is 19.4 Å². The van der Waals surface area contributed by atoms with E-state index in [4.69, 9.17) is 0 Å². The molecule has 0 saturated carbocycles. The molecule has 0 saturated heterocycles. The summed E-state index contributed by atoms with van der Waals surface area (Å²) in [6, 6.07) is 3.04. The van der Waals surface area contributed by atoms with Crippen LogP contribution in [0.1, 0.15) is 27.2 Å². The molecule has 0 radical (unpaired) electrons. The summed E-state index contributed by atoms with van der Waals surface area (Å²) in [5.74, 6) is -1.60. The SMILES string of the molecule is CCC(=O)N(C(C)=O)c1ccc(N[C@@H](C)C(=O)OC)c([N+](=O)[O-])c1. The lowest BCUT2D eigenvalue weighted by atomic mass is 10.2. The molecular formula is C15H19N3O6. The minimum absolute atomic E-state index is 0.0761. The van der Waals surface area contributed by atoms with E-state index in [9.17, 15) is 24.5 Å². The summed E-state index contributed by atoms with van der Waals surface area (Å²) < 4.78 is 4.56. The second-order valence-electron chi connectivity index (χ2n) is 4.95. The number of nitro groups is 1. The zero-order valence-corrected chi connectivity index (χ0v) is 13.9. The summed E-state index contributed by atoms with van der Waals surface area (Å²) in [6.07, 6.45) is 0.0761. The summed E-state index contributed by atoms with van der Waals surface area (Å²) in [5.41, 5.74) is -0.190. The quantitative estimate of drug-likeness (QED) is 0.478. The second kappa shape index (κ2) is 8.04. The minimum Gasteiger partial charge on any atom is -0.467 e. The van der Waals surface area contributed by atoms with Gasteiger partial charge in [-0.05, 0) is 19.1 Å². The van der Waals surface area contributed by atoms with Crippen LogP contribution in [0, 0.1) is 10.1 Å². The van der Waals surface area contributed by atoms with E-state index in [0.29, 0.717) is 0 Å². The van der Waals surface area contributed by atoms with E-state index in [-0.39, 0.29) is 23.5 Å². The molecule has 0 heterocycles. The Balaban J connectivity index is 3.28. The van der Waals surface area contributed by atoms with Crippen molar-refractivity contribution in [2.75, 3.05) is 17.3 Å². The molecule has 1 aromatic rings. The third-order valence-electron chi connectivity index (χ3n) is 3.23. The summed E-state index contributed by atoms with van der Waals surface area (Å²) in [6.45, 7) is 4.28. The fourth-order valence-corrected chi connectivity index (χ4v) is 2.06. The Bertz CT molecular complexity index is 673. The van der Waals surface area contributed by atoms with Gasteiger partial charge in [0.05, 0.1) is 17.7 Å². The first-order chi connectivity index (χ1) is 11.2. The van der Waals surface area contributed by atoms with Gasteiger partial charge in [0.25, 0.3) is 5.69 Å². The first-order valence-electron chi connectivity index (χ1n) is 7.19. The van der Waals surface area contributed by atoms with Crippen LogP contribution in [-0.4, -0.2) is 35.9 Å². The maximum Gasteiger partial charge on any atom is 0.327 e. The number of hydrogen-bond donors (Lipinski definition) is 1. The predicted molar refractivity (Wildman–Crippen MR) is 86.7 cm³/mol. The van der Waals surface area contributed by atoms with E-state index in [2.05, 4.69) is 10.1 Å². The van der Waals surface area contributed by atoms with Crippen molar-refractivity contribution in [2.24, 2.45) is 0 Å². The number of ether oxygens (including phenoxy) is 1. The number of nitrogens with one attached hydrogen (secondary N) is 1. The minimum atomic E-state index is -0.805. The Labute approximate surface area is 138 Å². The van der Waals surface area contributed by atoms with Gasteiger partial charge in [-0.1, -0.05) is 6.92 Å². The number of esters is 1. The highest BCUT2D eigenvalue weighted by molar-refractivity contribution is 6.14. The number of nitro benzene ring substituents is 1. The van der Waals surface area contributed by atoms with Crippen LogP contribution in [0.15, 0.2) is 18.2 Å². The lowest BCUT2D eigenvalue weighted by Gasteiger charge is -2.19. The van der Waals surface area contributed by atoms with E-state index < -0.39 is 28.7 Å². The average molecular weight is 337 g/mol. The molecule has 1 atom stereocenters. The van der Waals surface area contributed by atoms with Crippen molar-refractivity contribution in [1.82, 2.24) is 0 Å². The van der Waals surface area contributed by atoms with Crippen molar-refractivity contribution in [3.63, 3.8) is 0 Å². The Morgan fingerprint density at radius 2 is 2.00 bits per heavy atom. The average Bonchev–Trinajstić information content (AvgIpc) is 2.54. The maximum absolute atomic E-state index is 11.9. The second-order valence-corrected chi connectivity index (χ2v) is 4.95. The smallest absolute Gasteiger partial charge is 0.327 e. The number of anilines is 2. The molecule has 0 spiro atoms. The van der Waals surface area contributed by atoms with Crippen LogP contribution in [0.5, 0.6) is 0 Å². The van der Waals surface area contributed by atoms with E-state index in [1.54, 1.807) is 6.92 Å². The van der Waals surface area contributed by atoms with Crippen LogP contribution < -0.4 is 10.2 Å². The molecule has 0 aromatic heterocycles. The maximum atomic E-state index is 11.9. The largest absolute Gasteiger partial charge is 0.467 e. The molecule has 0 aliphatic carbocycles. The van der Waals surface area contributed by atoms with Crippen LogP contribution in [0.3, 0.4) is 0 Å². The number of benzene rings is 1. The number of rotatable bonds is 6. The van der Waals surface area contributed by atoms with Gasteiger partial charge in [-0.3, -0.25) is 24.6 Å². The Morgan fingerprint density at radius 1 is 1.38 bits per heavy atom. The summed E-state index contributed by atoms with van der Waals surface area (Å²) >= 11 is 0. The monoisotopic (exact) mass is 337 g/mol. The highest BCUT2D eigenvalue weighted by Gasteiger charge is 2.24. The van der Waals surface area contributed by atoms with E-state index >= 15 is 0 Å². The fourth-order valence-electron chi connectivity index (χ4n) is 2.06. The molecule has 1 rings (SSSR count). The van der Waals surface area contributed by atoms with Crippen molar-refractivity contribution in [2.45, 2.75) is 33.2 Å². The summed E-state index contributed by atoms with van der Waals surface area (Å²) in [7, 11) is 1.21. The van der Waals surface area contributed by atoms with E-state index in [1.807, 2.05) is 0 Å². The molecule has 1 aromatic carbocycles. The van der Waals surface area contributed by atoms with Crippen molar-refractivity contribution >= 4 is 34.8 Å². The normalized spacial score (nSPS) is 11.3. The predicted octanol–water partition coefficient (Wildman–Crippen LogP) is 1.86. The molecule has 0 unspecified atom stereocenters. The molecule has 24 heavy (non-hydrogen) atoms. The Hall–Kier alpha value is -2.97. The molecule has 0 bridgehead atoms. The summed E-state index contributed by atoms with van der Waals surface area (Å²) in [4.78, 5) is 46.5. The molecule has 0 aliphatic heterocycles. The lowest BCUT2D eigenvalue weighted by molar-refractivity contribution is -0.383. The number of carbonyl (C=O) groups is 3. The van der Waals surface area contributed by atoms with Crippen molar-refractivity contribution in [1.29, 1.82) is 0 Å². The molecule has 0 fully saturated rings. The molecule has 130 valence electrons. The highest BCUT2D eigenvalue weighted by atomic mass is 16.6. The van der Waals surface area contributed by atoms with E-state index in [0.717, 1.165) is 11.0 Å². The van der Waals surface area contributed by atoms with Gasteiger partial charge < -0.3 is 10.1 Å². The molecule has 0 aliphatic rings. The van der Waals surface area contributed by atoms with E-state index in [1.165, 1.54) is 33.1 Å². The van der Waals surface area contributed by atoms with Gasteiger partial charge in [0.15, 0.2) is 0 Å². The molecule has 9 nitrogen and oxygen atoms in total. The zero-order valence-electron chi connectivity index (χ0n) is 13.9. The molecule has 9 heteroatoms. The third-order valence-corrected chi connectivity index (χ3v) is 3.23. The number of methoxy groups -OCH3 is 1. The van der Waals surface area contributed by atoms with Crippen molar-refractivity contribution in [3.05, 3.63) is 28.3 Å². The fraction of sp³-hybridized carbons (Fsp3) is 0.400. The van der Waals surface area contributed by atoms with Gasteiger partial charge in [-0.2, -0.15) is 0 Å². The van der Waals surface area contributed by atoms with Crippen LogP contribution in [0.4, 0.5) is 17.1 Å². The number of amides is 2. The van der Waals surface area contributed by atoms with Gasteiger partial charge in [0.1, 0.15) is 11.7 Å². The molecular weight excluding hydrogens is 318 g/mol. The van der Waals surface area contributed by atoms with Crippen molar-refractivity contribution < 1.29 is 24.0 Å². The van der Waals surface area contributed by atoms with Gasteiger partial charge in [-0.15, -0.1) is 0 Å². The number of imide groups is 1. The van der Waals surface area contributed by atoms with Crippen LogP contribution in [-0.2, 0) is 19.1 Å². The first-order valence-corrected chi connectivity index (χ1v) is 7.19. The summed E-state index contributed by atoms with van der Waals surface area (Å²) in [5, 5.41) is 14.0. The van der Waals surface area contributed by atoms with Gasteiger partial charge in [0.2, 0.25) is 11.8 Å².